The molecule has 0 saturated carbocycles. The van der Waals surface area contributed by atoms with E-state index in [9.17, 15) is 13.2 Å². The summed E-state index contributed by atoms with van der Waals surface area (Å²) in [5.74, 6) is -0.979. The monoisotopic (exact) mass is 281 g/mol. The molecule has 0 aliphatic heterocycles. The largest absolute Gasteiger partial charge is 0.476 e. The Balaban J connectivity index is 2.57. The third kappa shape index (κ3) is 2.65. The highest BCUT2D eigenvalue weighted by Crippen LogP contribution is 2.27. The smallest absolute Gasteiger partial charge is 0.358 e. The number of nitrogens with zero attached hydrogens (tertiary/aromatic N) is 1. The lowest BCUT2D eigenvalue weighted by atomic mass is 10.1. The first-order valence-electron chi connectivity index (χ1n) is 5.30. The van der Waals surface area contributed by atoms with E-state index in [-0.39, 0.29) is 16.3 Å². The van der Waals surface area contributed by atoms with Crippen molar-refractivity contribution in [2.45, 2.75) is 11.8 Å². The minimum Gasteiger partial charge on any atom is -0.476 e. The number of carbonyl (C=O) groups is 1. The summed E-state index contributed by atoms with van der Waals surface area (Å²) < 4.78 is 27.9. The molecule has 2 rings (SSSR count). The van der Waals surface area contributed by atoms with Crippen molar-refractivity contribution >= 4 is 15.8 Å². The molecule has 0 amide bonds. The molecule has 0 aliphatic carbocycles. The molecule has 0 radical (unpaired) electrons. The van der Waals surface area contributed by atoms with Crippen LogP contribution in [0.4, 0.5) is 0 Å². The van der Waals surface area contributed by atoms with E-state index < -0.39 is 15.8 Å². The van der Waals surface area contributed by atoms with Gasteiger partial charge in [0.2, 0.25) is 0 Å². The SMILES string of the molecule is Cc1ccc(S(C)(=O)=O)cc1-c1cc(C(=O)O)no1. The Kier molecular flexibility index (Phi) is 3.15. The molecule has 0 bridgehead atoms. The lowest BCUT2D eigenvalue weighted by Gasteiger charge is -2.04. The fourth-order valence-corrected chi connectivity index (χ4v) is 2.25. The summed E-state index contributed by atoms with van der Waals surface area (Å²) >= 11 is 0. The van der Waals surface area contributed by atoms with Gasteiger partial charge in [-0.25, -0.2) is 13.2 Å². The van der Waals surface area contributed by atoms with E-state index in [0.717, 1.165) is 11.8 Å². The van der Waals surface area contributed by atoms with Crippen molar-refractivity contribution in [2.24, 2.45) is 0 Å². The standard InChI is InChI=1S/C12H11NO5S/c1-7-3-4-8(19(2,16)17)5-9(7)11-6-10(12(14)15)13-18-11/h3-6H,1-2H3,(H,14,15). The van der Waals surface area contributed by atoms with Crippen LogP contribution >= 0.6 is 0 Å². The number of carboxylic acids is 1. The molecule has 1 aromatic carbocycles. The molecule has 1 N–H and O–H groups in total. The van der Waals surface area contributed by atoms with Crippen molar-refractivity contribution in [1.82, 2.24) is 5.16 Å². The molecule has 6 nitrogen and oxygen atoms in total. The van der Waals surface area contributed by atoms with Gasteiger partial charge >= 0.3 is 5.97 Å². The highest BCUT2D eigenvalue weighted by atomic mass is 32.2. The molecule has 0 fully saturated rings. The van der Waals surface area contributed by atoms with E-state index in [4.69, 9.17) is 9.63 Å². The third-order valence-electron chi connectivity index (χ3n) is 2.63. The molecule has 0 saturated heterocycles. The second kappa shape index (κ2) is 4.51. The minimum atomic E-state index is -3.34. The Labute approximate surface area is 109 Å². The van der Waals surface area contributed by atoms with Crippen molar-refractivity contribution in [2.75, 3.05) is 6.26 Å². The molecule has 2 aromatic rings. The van der Waals surface area contributed by atoms with Crippen LogP contribution in [0.25, 0.3) is 11.3 Å². The fourth-order valence-electron chi connectivity index (χ4n) is 1.60. The quantitative estimate of drug-likeness (QED) is 0.920. The van der Waals surface area contributed by atoms with E-state index in [0.29, 0.717) is 5.56 Å². The molecular weight excluding hydrogens is 270 g/mol. The number of aromatic nitrogens is 1. The van der Waals surface area contributed by atoms with Gasteiger partial charge in [0.15, 0.2) is 21.3 Å². The van der Waals surface area contributed by atoms with Gasteiger partial charge in [-0.15, -0.1) is 0 Å². The van der Waals surface area contributed by atoms with Gasteiger partial charge in [-0.1, -0.05) is 11.2 Å². The topological polar surface area (TPSA) is 97.5 Å². The zero-order valence-corrected chi connectivity index (χ0v) is 11.1. The second-order valence-corrected chi connectivity index (χ2v) is 6.15. The molecule has 1 aromatic heterocycles. The molecular formula is C12H11NO5S. The van der Waals surface area contributed by atoms with E-state index in [1.807, 2.05) is 0 Å². The van der Waals surface area contributed by atoms with Gasteiger partial charge in [0, 0.05) is 17.9 Å². The minimum absolute atomic E-state index is 0.140. The zero-order valence-electron chi connectivity index (χ0n) is 10.2. The maximum absolute atomic E-state index is 11.5. The van der Waals surface area contributed by atoms with Crippen LogP contribution in [-0.2, 0) is 9.84 Å². The summed E-state index contributed by atoms with van der Waals surface area (Å²) in [5.41, 5.74) is 1.04. The van der Waals surface area contributed by atoms with Crippen molar-refractivity contribution < 1.29 is 22.8 Å². The maximum atomic E-state index is 11.5. The Hall–Kier alpha value is -2.15. The van der Waals surface area contributed by atoms with E-state index in [1.54, 1.807) is 13.0 Å². The zero-order chi connectivity index (χ0) is 14.2. The van der Waals surface area contributed by atoms with Crippen LogP contribution < -0.4 is 0 Å². The number of benzene rings is 1. The Morgan fingerprint density at radius 2 is 2.00 bits per heavy atom. The van der Waals surface area contributed by atoms with E-state index in [2.05, 4.69) is 5.16 Å². The third-order valence-corrected chi connectivity index (χ3v) is 3.74. The average Bonchev–Trinajstić information content (AvgIpc) is 2.77. The first kappa shape index (κ1) is 13.3. The predicted octanol–water partition coefficient (Wildman–Crippen LogP) is 1.75. The Morgan fingerprint density at radius 1 is 1.32 bits per heavy atom. The molecule has 0 unspecified atom stereocenters. The highest BCUT2D eigenvalue weighted by Gasteiger charge is 2.16. The summed E-state index contributed by atoms with van der Waals surface area (Å²) in [5, 5.41) is 12.2. The number of aryl methyl sites for hydroxylation is 1. The summed E-state index contributed by atoms with van der Waals surface area (Å²) in [4.78, 5) is 10.9. The molecule has 19 heavy (non-hydrogen) atoms. The first-order valence-corrected chi connectivity index (χ1v) is 7.19. The summed E-state index contributed by atoms with van der Waals surface area (Å²) in [6, 6.07) is 5.82. The number of sulfone groups is 1. The average molecular weight is 281 g/mol. The van der Waals surface area contributed by atoms with Gasteiger partial charge in [-0.2, -0.15) is 0 Å². The van der Waals surface area contributed by atoms with Crippen LogP contribution in [0.15, 0.2) is 33.7 Å². The van der Waals surface area contributed by atoms with Crippen molar-refractivity contribution in [3.8, 4) is 11.3 Å². The first-order chi connectivity index (χ1) is 8.79. The van der Waals surface area contributed by atoms with Crippen LogP contribution in [-0.4, -0.2) is 30.9 Å². The van der Waals surface area contributed by atoms with E-state index >= 15 is 0 Å². The lowest BCUT2D eigenvalue weighted by molar-refractivity contribution is 0.0686. The number of rotatable bonds is 3. The molecule has 100 valence electrons. The van der Waals surface area contributed by atoms with Crippen molar-refractivity contribution in [3.63, 3.8) is 0 Å². The normalized spacial score (nSPS) is 11.5. The fraction of sp³-hybridized carbons (Fsp3) is 0.167. The molecule has 1 heterocycles. The summed E-state index contributed by atoms with van der Waals surface area (Å²) in [6.07, 6.45) is 1.10. The maximum Gasteiger partial charge on any atom is 0.358 e. The van der Waals surface area contributed by atoms with Gasteiger partial charge in [-0.3, -0.25) is 0 Å². The summed E-state index contributed by atoms with van der Waals surface area (Å²) in [7, 11) is -3.34. The number of aromatic carboxylic acids is 1. The second-order valence-electron chi connectivity index (χ2n) is 4.13. The van der Waals surface area contributed by atoms with Gasteiger partial charge in [-0.05, 0) is 24.6 Å². The molecule has 0 aliphatic rings. The lowest BCUT2D eigenvalue weighted by Crippen LogP contribution is -1.98. The van der Waals surface area contributed by atoms with Gasteiger partial charge < -0.3 is 9.63 Å². The molecule has 0 spiro atoms. The van der Waals surface area contributed by atoms with Crippen LogP contribution in [0.5, 0.6) is 0 Å². The van der Waals surface area contributed by atoms with Crippen molar-refractivity contribution in [3.05, 3.63) is 35.5 Å². The Morgan fingerprint density at radius 3 is 2.53 bits per heavy atom. The van der Waals surface area contributed by atoms with Crippen LogP contribution in [0.3, 0.4) is 0 Å². The summed E-state index contributed by atoms with van der Waals surface area (Å²) in [6.45, 7) is 1.77. The highest BCUT2D eigenvalue weighted by molar-refractivity contribution is 7.90. The van der Waals surface area contributed by atoms with Crippen molar-refractivity contribution in [1.29, 1.82) is 0 Å². The van der Waals surface area contributed by atoms with Crippen LogP contribution in [0.1, 0.15) is 16.1 Å². The number of hydrogen-bond acceptors (Lipinski definition) is 5. The Bertz CT molecular complexity index is 745. The molecule has 7 heteroatoms. The molecule has 0 atom stereocenters. The van der Waals surface area contributed by atoms with Gasteiger partial charge in [0.1, 0.15) is 0 Å². The van der Waals surface area contributed by atoms with Gasteiger partial charge in [0.25, 0.3) is 0 Å². The number of carboxylic acid groups (broad SMARTS) is 1. The predicted molar refractivity (Wildman–Crippen MR) is 66.7 cm³/mol. The van der Waals surface area contributed by atoms with Crippen LogP contribution in [0, 0.1) is 6.92 Å². The van der Waals surface area contributed by atoms with Crippen LogP contribution in [0.2, 0.25) is 0 Å². The number of hydrogen-bond donors (Lipinski definition) is 1. The van der Waals surface area contributed by atoms with Gasteiger partial charge in [0.05, 0.1) is 4.90 Å². The van der Waals surface area contributed by atoms with E-state index in [1.165, 1.54) is 18.2 Å².